The first-order valence-corrected chi connectivity index (χ1v) is 8.23. The summed E-state index contributed by atoms with van der Waals surface area (Å²) in [5, 5.41) is 22.5. The molecule has 2 aromatic carbocycles. The van der Waals surface area contributed by atoms with Crippen molar-refractivity contribution < 1.29 is 4.74 Å². The second-order valence-corrected chi connectivity index (χ2v) is 5.76. The van der Waals surface area contributed by atoms with E-state index in [1.165, 1.54) is 0 Å². The number of rotatable bonds is 5. The molecule has 0 unspecified atom stereocenters. The minimum absolute atomic E-state index is 0.0814. The van der Waals surface area contributed by atoms with Crippen LogP contribution < -0.4 is 15.8 Å². The second-order valence-electron chi connectivity index (χ2n) is 5.76. The van der Waals surface area contributed by atoms with Gasteiger partial charge in [-0.2, -0.15) is 10.5 Å². The maximum atomic E-state index is 9.76. The Kier molecular flexibility index (Phi) is 5.20. The van der Waals surface area contributed by atoms with Crippen LogP contribution in [0.15, 0.2) is 54.6 Å². The number of nitrogen functional groups attached to an aromatic ring is 1. The monoisotopic (exact) mass is 355 g/mol. The summed E-state index contributed by atoms with van der Waals surface area (Å²) in [7, 11) is 1.58. The van der Waals surface area contributed by atoms with E-state index in [4.69, 9.17) is 10.5 Å². The lowest BCUT2D eigenvalue weighted by molar-refractivity contribution is 0.415. The van der Waals surface area contributed by atoms with Gasteiger partial charge >= 0.3 is 0 Å². The summed E-state index contributed by atoms with van der Waals surface area (Å²) >= 11 is 0. The van der Waals surface area contributed by atoms with E-state index in [0.717, 1.165) is 5.56 Å². The Labute approximate surface area is 157 Å². The van der Waals surface area contributed by atoms with Crippen molar-refractivity contribution in [3.05, 3.63) is 71.3 Å². The molecule has 0 amide bonds. The van der Waals surface area contributed by atoms with Gasteiger partial charge in [0.05, 0.1) is 7.11 Å². The lowest BCUT2D eigenvalue weighted by atomic mass is 9.96. The van der Waals surface area contributed by atoms with Crippen molar-refractivity contribution in [2.24, 2.45) is 0 Å². The van der Waals surface area contributed by atoms with Gasteiger partial charge in [0.2, 0.25) is 0 Å². The standard InChI is InChI=1S/C21H17N5O/c1-27-16-9-7-15(8-10-16)19-17(11-22)20(24)26-21(18(19)12-23)25-13-14-5-3-2-4-6-14/h2-10H,13H2,1H3,(H3,24,25,26). The highest BCUT2D eigenvalue weighted by molar-refractivity contribution is 5.85. The highest BCUT2D eigenvalue weighted by Gasteiger charge is 2.20. The molecule has 0 radical (unpaired) electrons. The van der Waals surface area contributed by atoms with Gasteiger partial charge in [0, 0.05) is 12.1 Å². The molecule has 27 heavy (non-hydrogen) atoms. The molecular weight excluding hydrogens is 338 g/mol. The van der Waals surface area contributed by atoms with Crippen LogP contribution in [0.2, 0.25) is 0 Å². The smallest absolute Gasteiger partial charge is 0.147 e. The van der Waals surface area contributed by atoms with Crippen molar-refractivity contribution in [2.45, 2.75) is 6.54 Å². The maximum Gasteiger partial charge on any atom is 0.147 e. The Balaban J connectivity index is 2.09. The van der Waals surface area contributed by atoms with Crippen molar-refractivity contribution in [2.75, 3.05) is 18.2 Å². The van der Waals surface area contributed by atoms with Crippen LogP contribution in [0.3, 0.4) is 0 Å². The van der Waals surface area contributed by atoms with E-state index in [9.17, 15) is 10.5 Å². The number of nitrogens with zero attached hydrogens (tertiary/aromatic N) is 3. The molecule has 6 nitrogen and oxygen atoms in total. The van der Waals surface area contributed by atoms with Crippen LogP contribution in [0.1, 0.15) is 16.7 Å². The van der Waals surface area contributed by atoms with Gasteiger partial charge in [-0.25, -0.2) is 4.98 Å². The van der Waals surface area contributed by atoms with Crippen molar-refractivity contribution in [1.29, 1.82) is 10.5 Å². The van der Waals surface area contributed by atoms with E-state index in [2.05, 4.69) is 22.4 Å². The molecule has 3 aromatic rings. The number of aromatic nitrogens is 1. The molecule has 0 fully saturated rings. The summed E-state index contributed by atoms with van der Waals surface area (Å²) in [6, 6.07) is 21.1. The van der Waals surface area contributed by atoms with E-state index in [-0.39, 0.29) is 16.9 Å². The van der Waals surface area contributed by atoms with Crippen LogP contribution in [0, 0.1) is 22.7 Å². The number of benzene rings is 2. The highest BCUT2D eigenvalue weighted by atomic mass is 16.5. The van der Waals surface area contributed by atoms with Gasteiger partial charge in [-0.3, -0.25) is 0 Å². The molecule has 0 atom stereocenters. The topological polar surface area (TPSA) is 108 Å². The molecule has 3 N–H and O–H groups in total. The Morgan fingerprint density at radius 2 is 1.67 bits per heavy atom. The SMILES string of the molecule is COc1ccc(-c2c(C#N)c(N)nc(NCc3ccccc3)c2C#N)cc1. The van der Waals surface area contributed by atoms with Gasteiger partial charge in [0.15, 0.2) is 0 Å². The quantitative estimate of drug-likeness (QED) is 0.722. The van der Waals surface area contributed by atoms with Crippen LogP contribution in [0.25, 0.3) is 11.1 Å². The molecule has 132 valence electrons. The van der Waals surface area contributed by atoms with Crippen molar-refractivity contribution in [3.8, 4) is 29.0 Å². The van der Waals surface area contributed by atoms with Crippen molar-refractivity contribution in [1.82, 2.24) is 4.98 Å². The third-order valence-electron chi connectivity index (χ3n) is 4.13. The summed E-state index contributed by atoms with van der Waals surface area (Å²) < 4.78 is 5.17. The van der Waals surface area contributed by atoms with Gasteiger partial charge in [-0.15, -0.1) is 0 Å². The summed E-state index contributed by atoms with van der Waals surface area (Å²) in [6.07, 6.45) is 0. The molecule has 0 bridgehead atoms. The summed E-state index contributed by atoms with van der Waals surface area (Å²) in [5.74, 6) is 1.11. The van der Waals surface area contributed by atoms with Crippen LogP contribution in [0.4, 0.5) is 11.6 Å². The zero-order chi connectivity index (χ0) is 19.2. The predicted molar refractivity (Wildman–Crippen MR) is 104 cm³/mol. The number of nitrogens with two attached hydrogens (primary N) is 1. The first-order valence-electron chi connectivity index (χ1n) is 8.23. The normalized spacial score (nSPS) is 9.89. The van der Waals surface area contributed by atoms with E-state index in [0.29, 0.717) is 29.2 Å². The van der Waals surface area contributed by atoms with E-state index < -0.39 is 0 Å². The number of nitriles is 2. The number of hydrogen-bond acceptors (Lipinski definition) is 6. The molecule has 3 rings (SSSR count). The molecule has 0 aliphatic rings. The van der Waals surface area contributed by atoms with E-state index in [1.54, 1.807) is 31.4 Å². The largest absolute Gasteiger partial charge is 0.497 e. The fourth-order valence-electron chi connectivity index (χ4n) is 2.78. The molecule has 0 aliphatic heterocycles. The first kappa shape index (κ1) is 17.8. The van der Waals surface area contributed by atoms with Crippen LogP contribution >= 0.6 is 0 Å². The molecule has 6 heteroatoms. The van der Waals surface area contributed by atoms with E-state index in [1.807, 2.05) is 30.3 Å². The second kappa shape index (κ2) is 7.90. The van der Waals surface area contributed by atoms with Gasteiger partial charge in [0.25, 0.3) is 0 Å². The Hall–Kier alpha value is -4.03. The fraction of sp³-hybridized carbons (Fsp3) is 0.0952. The van der Waals surface area contributed by atoms with Gasteiger partial charge in [-0.1, -0.05) is 42.5 Å². The number of nitrogens with one attached hydrogen (secondary N) is 1. The van der Waals surface area contributed by atoms with Crippen LogP contribution in [-0.2, 0) is 6.54 Å². The molecule has 0 saturated carbocycles. The Morgan fingerprint density at radius 3 is 2.26 bits per heavy atom. The summed E-state index contributed by atoms with van der Waals surface area (Å²) in [6.45, 7) is 0.482. The van der Waals surface area contributed by atoms with Crippen LogP contribution in [0.5, 0.6) is 5.75 Å². The summed E-state index contributed by atoms with van der Waals surface area (Å²) in [5.41, 5.74) is 8.67. The van der Waals surface area contributed by atoms with Gasteiger partial charge < -0.3 is 15.8 Å². The van der Waals surface area contributed by atoms with Crippen LogP contribution in [-0.4, -0.2) is 12.1 Å². The predicted octanol–water partition coefficient (Wildman–Crippen LogP) is 3.69. The first-order chi connectivity index (χ1) is 13.2. The number of anilines is 2. The number of hydrogen-bond donors (Lipinski definition) is 2. The molecule has 0 saturated heterocycles. The summed E-state index contributed by atoms with van der Waals surface area (Å²) in [4.78, 5) is 4.25. The lowest BCUT2D eigenvalue weighted by Gasteiger charge is -2.15. The zero-order valence-corrected chi connectivity index (χ0v) is 14.7. The Bertz CT molecular complexity index is 1030. The minimum Gasteiger partial charge on any atom is -0.497 e. The third kappa shape index (κ3) is 3.65. The average Bonchev–Trinajstić information content (AvgIpc) is 2.72. The number of ether oxygens (including phenoxy) is 1. The minimum atomic E-state index is 0.0814. The molecule has 1 heterocycles. The fourth-order valence-corrected chi connectivity index (χ4v) is 2.78. The maximum absolute atomic E-state index is 9.76. The number of methoxy groups -OCH3 is 1. The van der Waals surface area contributed by atoms with E-state index >= 15 is 0 Å². The lowest BCUT2D eigenvalue weighted by Crippen LogP contribution is -2.09. The Morgan fingerprint density at radius 1 is 1.00 bits per heavy atom. The van der Waals surface area contributed by atoms with Crippen molar-refractivity contribution in [3.63, 3.8) is 0 Å². The van der Waals surface area contributed by atoms with Crippen molar-refractivity contribution >= 4 is 11.6 Å². The zero-order valence-electron chi connectivity index (χ0n) is 14.7. The third-order valence-corrected chi connectivity index (χ3v) is 4.13. The molecule has 0 aliphatic carbocycles. The molecular formula is C21H17N5O. The molecule has 0 spiro atoms. The van der Waals surface area contributed by atoms with Gasteiger partial charge in [0.1, 0.15) is 40.7 Å². The highest BCUT2D eigenvalue weighted by Crippen LogP contribution is 2.34. The molecule has 1 aromatic heterocycles. The average molecular weight is 355 g/mol. The van der Waals surface area contributed by atoms with Gasteiger partial charge in [-0.05, 0) is 23.3 Å². The number of pyridine rings is 1.